The Labute approximate surface area is 126 Å². The van der Waals surface area contributed by atoms with Crippen molar-refractivity contribution in [1.82, 2.24) is 15.1 Å². The summed E-state index contributed by atoms with van der Waals surface area (Å²) in [7, 11) is 0. The summed E-state index contributed by atoms with van der Waals surface area (Å²) in [6.07, 6.45) is 4.99. The highest BCUT2D eigenvalue weighted by Gasteiger charge is 2.19. The monoisotopic (exact) mass is 299 g/mol. The summed E-state index contributed by atoms with van der Waals surface area (Å²) < 4.78 is 20.7. The van der Waals surface area contributed by atoms with Gasteiger partial charge in [0.15, 0.2) is 0 Å². The Morgan fingerprint density at radius 1 is 1.27 bits per heavy atom. The van der Waals surface area contributed by atoms with Gasteiger partial charge in [-0.15, -0.1) is 0 Å². The lowest BCUT2D eigenvalue weighted by molar-refractivity contribution is 0.0944. The van der Waals surface area contributed by atoms with Crippen LogP contribution < -0.4 is 5.32 Å². The summed E-state index contributed by atoms with van der Waals surface area (Å²) in [4.78, 5) is 12.1. The van der Waals surface area contributed by atoms with E-state index in [1.54, 1.807) is 47.6 Å². The van der Waals surface area contributed by atoms with Crippen LogP contribution in [0.1, 0.15) is 22.2 Å². The Kier molecular flexibility index (Phi) is 4.00. The van der Waals surface area contributed by atoms with Crippen molar-refractivity contribution in [2.45, 2.75) is 6.04 Å². The van der Waals surface area contributed by atoms with Crippen LogP contribution in [0.5, 0.6) is 0 Å². The molecule has 3 rings (SSSR count). The number of rotatable bonds is 5. The number of hydrogen-bond donors (Lipinski definition) is 1. The number of nitrogens with zero attached hydrogens (tertiary/aromatic N) is 2. The van der Waals surface area contributed by atoms with E-state index in [4.69, 9.17) is 4.42 Å². The fraction of sp³-hybridized carbons (Fsp3) is 0.125. The summed E-state index contributed by atoms with van der Waals surface area (Å²) in [5.41, 5.74) is 0.0150. The molecule has 1 N–H and O–H groups in total. The van der Waals surface area contributed by atoms with Crippen LogP contribution in [0.2, 0.25) is 0 Å². The maximum Gasteiger partial charge on any atom is 0.254 e. The third kappa shape index (κ3) is 2.90. The number of halogens is 1. The van der Waals surface area contributed by atoms with Crippen molar-refractivity contribution in [1.29, 1.82) is 0 Å². The quantitative estimate of drug-likeness (QED) is 0.788. The lowest BCUT2D eigenvalue weighted by atomic mass is 10.2. The van der Waals surface area contributed by atoms with E-state index in [9.17, 15) is 9.18 Å². The molecule has 0 aliphatic heterocycles. The van der Waals surface area contributed by atoms with Gasteiger partial charge < -0.3 is 9.73 Å². The van der Waals surface area contributed by atoms with E-state index in [1.807, 2.05) is 6.07 Å². The van der Waals surface area contributed by atoms with E-state index in [-0.39, 0.29) is 18.2 Å². The average molecular weight is 299 g/mol. The van der Waals surface area contributed by atoms with Crippen molar-refractivity contribution in [2.75, 3.05) is 6.54 Å². The van der Waals surface area contributed by atoms with Gasteiger partial charge in [0.25, 0.3) is 5.91 Å². The summed E-state index contributed by atoms with van der Waals surface area (Å²) in [5.74, 6) is -0.354. The highest BCUT2D eigenvalue weighted by atomic mass is 19.1. The van der Waals surface area contributed by atoms with Crippen LogP contribution in [-0.4, -0.2) is 22.2 Å². The van der Waals surface area contributed by atoms with Gasteiger partial charge in [0.1, 0.15) is 17.6 Å². The fourth-order valence-corrected chi connectivity index (χ4v) is 2.20. The minimum absolute atomic E-state index is 0.0150. The zero-order valence-corrected chi connectivity index (χ0v) is 11.6. The molecular formula is C16H14FN3O2. The van der Waals surface area contributed by atoms with Crippen molar-refractivity contribution in [3.05, 3.63) is 78.3 Å². The Hall–Kier alpha value is -2.89. The molecular weight excluding hydrogens is 285 g/mol. The first-order valence-corrected chi connectivity index (χ1v) is 6.81. The number of benzene rings is 1. The fourth-order valence-electron chi connectivity index (χ4n) is 2.20. The second-order valence-electron chi connectivity index (χ2n) is 4.71. The van der Waals surface area contributed by atoms with Crippen LogP contribution in [0, 0.1) is 5.82 Å². The molecule has 0 saturated carbocycles. The van der Waals surface area contributed by atoms with Gasteiger partial charge in [-0.3, -0.25) is 9.48 Å². The van der Waals surface area contributed by atoms with Crippen LogP contribution in [-0.2, 0) is 0 Å². The van der Waals surface area contributed by atoms with Crippen molar-refractivity contribution in [2.24, 2.45) is 0 Å². The van der Waals surface area contributed by atoms with Gasteiger partial charge >= 0.3 is 0 Å². The normalized spacial score (nSPS) is 12.0. The van der Waals surface area contributed by atoms with Crippen LogP contribution >= 0.6 is 0 Å². The minimum atomic E-state index is -0.548. The Balaban J connectivity index is 1.75. The number of hydrogen-bond acceptors (Lipinski definition) is 3. The van der Waals surface area contributed by atoms with E-state index >= 15 is 0 Å². The number of amides is 1. The third-order valence-electron chi connectivity index (χ3n) is 3.29. The largest absolute Gasteiger partial charge is 0.467 e. The summed E-state index contributed by atoms with van der Waals surface area (Å²) in [6.45, 7) is 0.238. The van der Waals surface area contributed by atoms with Gasteiger partial charge in [0, 0.05) is 18.9 Å². The molecule has 2 aromatic heterocycles. The first-order chi connectivity index (χ1) is 10.8. The van der Waals surface area contributed by atoms with Gasteiger partial charge in [-0.2, -0.15) is 5.10 Å². The van der Waals surface area contributed by atoms with Gasteiger partial charge in [0.05, 0.1) is 11.8 Å². The predicted octanol–water partition coefficient (Wildman–Crippen LogP) is 2.63. The standard InChI is InChI=1S/C16H14FN3O2/c17-13-6-2-1-5-12(13)16(21)18-11-14(15-7-3-10-22-15)20-9-4-8-19-20/h1-10,14H,11H2,(H,18,21)/t14-/m1/s1. The highest BCUT2D eigenvalue weighted by molar-refractivity contribution is 5.94. The predicted molar refractivity (Wildman–Crippen MR) is 77.8 cm³/mol. The molecule has 112 valence electrons. The zero-order chi connectivity index (χ0) is 15.4. The lowest BCUT2D eigenvalue weighted by Crippen LogP contribution is -2.31. The lowest BCUT2D eigenvalue weighted by Gasteiger charge is -2.16. The molecule has 1 amide bonds. The van der Waals surface area contributed by atoms with E-state index in [0.29, 0.717) is 5.76 Å². The molecule has 1 aromatic carbocycles. The molecule has 0 unspecified atom stereocenters. The molecule has 0 aliphatic carbocycles. The summed E-state index contributed by atoms with van der Waals surface area (Å²) in [5, 5.41) is 6.89. The molecule has 2 heterocycles. The molecule has 3 aromatic rings. The van der Waals surface area contributed by atoms with E-state index in [0.717, 1.165) is 0 Å². The third-order valence-corrected chi connectivity index (χ3v) is 3.29. The first kappa shape index (κ1) is 14.1. The van der Waals surface area contributed by atoms with Gasteiger partial charge in [-0.25, -0.2) is 4.39 Å². The van der Waals surface area contributed by atoms with E-state index < -0.39 is 11.7 Å². The second-order valence-corrected chi connectivity index (χ2v) is 4.71. The van der Waals surface area contributed by atoms with Gasteiger partial charge in [-0.1, -0.05) is 12.1 Å². The number of aromatic nitrogens is 2. The molecule has 0 saturated heterocycles. The second kappa shape index (κ2) is 6.26. The molecule has 22 heavy (non-hydrogen) atoms. The molecule has 1 atom stereocenters. The number of furan rings is 1. The maximum atomic E-state index is 13.6. The smallest absolute Gasteiger partial charge is 0.254 e. The zero-order valence-electron chi connectivity index (χ0n) is 11.6. The van der Waals surface area contributed by atoms with Crippen molar-refractivity contribution in [3.8, 4) is 0 Å². The Morgan fingerprint density at radius 3 is 2.82 bits per heavy atom. The molecule has 5 nitrogen and oxygen atoms in total. The van der Waals surface area contributed by atoms with Crippen molar-refractivity contribution in [3.63, 3.8) is 0 Å². The van der Waals surface area contributed by atoms with E-state index in [2.05, 4.69) is 10.4 Å². The Bertz CT molecular complexity index is 704. The first-order valence-electron chi connectivity index (χ1n) is 6.81. The topological polar surface area (TPSA) is 60.1 Å². The molecule has 0 bridgehead atoms. The van der Waals surface area contributed by atoms with Crippen LogP contribution in [0.15, 0.2) is 65.5 Å². The summed E-state index contributed by atoms with van der Waals surface area (Å²) in [6, 6.07) is 10.9. The number of carbonyl (C=O) groups excluding carboxylic acids is 1. The van der Waals surface area contributed by atoms with Crippen molar-refractivity contribution < 1.29 is 13.6 Å². The van der Waals surface area contributed by atoms with Crippen LogP contribution in [0.3, 0.4) is 0 Å². The number of carbonyl (C=O) groups is 1. The van der Waals surface area contributed by atoms with Crippen LogP contribution in [0.4, 0.5) is 4.39 Å². The average Bonchev–Trinajstić information content (AvgIpc) is 3.21. The van der Waals surface area contributed by atoms with Crippen molar-refractivity contribution >= 4 is 5.91 Å². The maximum absolute atomic E-state index is 13.6. The molecule has 0 radical (unpaired) electrons. The summed E-state index contributed by atoms with van der Waals surface area (Å²) >= 11 is 0. The van der Waals surface area contributed by atoms with Gasteiger partial charge in [-0.05, 0) is 30.3 Å². The molecule has 0 aliphatic rings. The SMILES string of the molecule is O=C(NC[C@H](c1ccco1)n1cccn1)c1ccccc1F. The molecule has 0 fully saturated rings. The van der Waals surface area contributed by atoms with Gasteiger partial charge in [0.2, 0.25) is 0 Å². The molecule has 0 spiro atoms. The molecule has 6 heteroatoms. The number of nitrogens with one attached hydrogen (secondary N) is 1. The Morgan fingerprint density at radius 2 is 2.14 bits per heavy atom. The van der Waals surface area contributed by atoms with Crippen LogP contribution in [0.25, 0.3) is 0 Å². The minimum Gasteiger partial charge on any atom is -0.467 e. The highest BCUT2D eigenvalue weighted by Crippen LogP contribution is 2.17. The van der Waals surface area contributed by atoms with E-state index in [1.165, 1.54) is 12.1 Å².